The highest BCUT2D eigenvalue weighted by Crippen LogP contribution is 2.34. The Balaban J connectivity index is 2.10. The number of aryl methyl sites for hydroxylation is 1. The number of hydrogen-bond donors (Lipinski definition) is 1. The zero-order chi connectivity index (χ0) is 19.9. The summed E-state index contributed by atoms with van der Waals surface area (Å²) >= 11 is 6.02. The summed E-state index contributed by atoms with van der Waals surface area (Å²) in [5.74, 6) is -1.61. The number of rotatable bonds is 5. The van der Waals surface area contributed by atoms with Crippen molar-refractivity contribution in [3.8, 4) is 11.4 Å². The van der Waals surface area contributed by atoms with Crippen LogP contribution in [-0.2, 0) is 4.79 Å². The number of carbonyl (C=O) groups is 1. The van der Waals surface area contributed by atoms with Gasteiger partial charge in [0, 0.05) is 19.4 Å². The van der Waals surface area contributed by atoms with Gasteiger partial charge in [-0.3, -0.25) is 10.1 Å². The van der Waals surface area contributed by atoms with Gasteiger partial charge in [0.1, 0.15) is 17.3 Å². The molecule has 0 spiro atoms. The van der Waals surface area contributed by atoms with Crippen LogP contribution in [-0.4, -0.2) is 32.4 Å². The normalized spacial score (nSPS) is 19.7. The fourth-order valence-electron chi connectivity index (χ4n) is 2.98. The summed E-state index contributed by atoms with van der Waals surface area (Å²) in [4.78, 5) is 24.2. The van der Waals surface area contributed by atoms with Crippen LogP contribution in [0.25, 0.3) is 5.69 Å². The molecule has 1 aliphatic heterocycles. The summed E-state index contributed by atoms with van der Waals surface area (Å²) in [6.07, 6.45) is 1.06. The lowest BCUT2D eigenvalue weighted by Gasteiger charge is -2.28. The van der Waals surface area contributed by atoms with E-state index in [9.17, 15) is 22.8 Å². The van der Waals surface area contributed by atoms with E-state index in [1.807, 2.05) is 0 Å². The number of nitrogens with one attached hydrogen (secondary N) is 1. The molecule has 0 bridgehead atoms. The predicted molar refractivity (Wildman–Crippen MR) is 90.1 cm³/mol. The van der Waals surface area contributed by atoms with Crippen molar-refractivity contribution in [2.75, 3.05) is 6.54 Å². The first kappa shape index (κ1) is 19.4. The topological polar surface area (TPSA) is 78.2 Å². The molecular weight excluding hydrogens is 389 g/mol. The average Bonchev–Trinajstić information content (AvgIpc) is 3.15. The maximum atomic E-state index is 14.4. The van der Waals surface area contributed by atoms with Gasteiger partial charge in [-0.1, -0.05) is 11.6 Å². The molecule has 1 aromatic heterocycles. The van der Waals surface area contributed by atoms with Crippen molar-refractivity contribution in [3.63, 3.8) is 0 Å². The van der Waals surface area contributed by atoms with Gasteiger partial charge in [-0.05, 0) is 26.0 Å². The molecule has 0 saturated carbocycles. The molecular formula is C16H16ClF3N4O3. The first-order valence-electron chi connectivity index (χ1n) is 8.07. The minimum Gasteiger partial charge on any atom is -0.464 e. The van der Waals surface area contributed by atoms with Crippen molar-refractivity contribution < 1.29 is 22.7 Å². The van der Waals surface area contributed by atoms with Gasteiger partial charge in [0.25, 0.3) is 0 Å². The maximum Gasteiger partial charge on any atom is 0.355 e. The Morgan fingerprint density at radius 3 is 2.67 bits per heavy atom. The predicted octanol–water partition coefficient (Wildman–Crippen LogP) is 2.58. The zero-order valence-corrected chi connectivity index (χ0v) is 15.2. The smallest absolute Gasteiger partial charge is 0.355 e. The molecule has 0 unspecified atom stereocenters. The van der Waals surface area contributed by atoms with Gasteiger partial charge >= 0.3 is 12.2 Å². The molecule has 0 aliphatic carbocycles. The average molecular weight is 405 g/mol. The maximum absolute atomic E-state index is 14.4. The number of ether oxygens (including phenoxy) is 1. The van der Waals surface area contributed by atoms with Gasteiger partial charge in [-0.15, -0.1) is 5.10 Å². The molecule has 1 aliphatic rings. The third-order valence-electron chi connectivity index (χ3n) is 4.37. The summed E-state index contributed by atoms with van der Waals surface area (Å²) in [6.45, 7) is -0.0407. The summed E-state index contributed by atoms with van der Waals surface area (Å²) < 4.78 is 46.7. The van der Waals surface area contributed by atoms with Crippen molar-refractivity contribution in [2.24, 2.45) is 0 Å². The number of halogens is 4. The minimum absolute atomic E-state index is 0.0752. The Morgan fingerprint density at radius 2 is 2.15 bits per heavy atom. The largest absolute Gasteiger partial charge is 0.464 e. The Hall–Kier alpha value is -2.33. The second kappa shape index (κ2) is 7.01. The molecule has 1 fully saturated rings. The standard InChI is InChI=1S/C16H16ClF3N4O3/c1-8(25)16(4-3-5-21-16)27-13-7-12(11(18)6-10(13)17)24-15(26)23(14(19)20)9(2)22-24/h6-7,14,21H,3-5H2,1-2H3/t16-/m1/s1. The Kier molecular flexibility index (Phi) is 5.04. The monoisotopic (exact) mass is 404 g/mol. The molecule has 1 saturated heterocycles. The molecule has 3 rings (SSSR count). The van der Waals surface area contributed by atoms with Gasteiger partial charge in [0.05, 0.1) is 5.02 Å². The van der Waals surface area contributed by atoms with E-state index in [4.69, 9.17) is 16.3 Å². The van der Waals surface area contributed by atoms with Gasteiger partial charge in [0.15, 0.2) is 11.6 Å². The quantitative estimate of drug-likeness (QED) is 0.828. The molecule has 0 radical (unpaired) electrons. The molecule has 2 heterocycles. The van der Waals surface area contributed by atoms with E-state index >= 15 is 0 Å². The second-order valence-electron chi connectivity index (χ2n) is 6.14. The zero-order valence-electron chi connectivity index (χ0n) is 14.4. The molecule has 2 aromatic rings. The highest BCUT2D eigenvalue weighted by molar-refractivity contribution is 6.32. The van der Waals surface area contributed by atoms with E-state index in [1.165, 1.54) is 13.8 Å². The van der Waals surface area contributed by atoms with Crippen LogP contribution < -0.4 is 15.7 Å². The lowest BCUT2D eigenvalue weighted by molar-refractivity contribution is -0.133. The van der Waals surface area contributed by atoms with E-state index < -0.39 is 29.5 Å². The summed E-state index contributed by atoms with van der Waals surface area (Å²) in [5, 5.41) is 6.49. The SMILES string of the molecule is CC(=O)[C@]1(Oc2cc(-n3nc(C)n(C(F)F)c3=O)c(F)cc2Cl)CCCN1. The van der Waals surface area contributed by atoms with Crippen LogP contribution in [0.2, 0.25) is 5.02 Å². The third-order valence-corrected chi connectivity index (χ3v) is 4.67. The number of nitrogens with zero attached hydrogens (tertiary/aromatic N) is 3. The summed E-state index contributed by atoms with van der Waals surface area (Å²) in [7, 11) is 0. The number of hydrogen-bond acceptors (Lipinski definition) is 5. The van der Waals surface area contributed by atoms with E-state index in [0.717, 1.165) is 12.1 Å². The highest BCUT2D eigenvalue weighted by Gasteiger charge is 2.41. The number of alkyl halides is 2. The van der Waals surface area contributed by atoms with Crippen LogP contribution in [0.3, 0.4) is 0 Å². The van der Waals surface area contributed by atoms with Gasteiger partial charge in [0.2, 0.25) is 5.72 Å². The molecule has 1 atom stereocenters. The van der Waals surface area contributed by atoms with E-state index in [-0.39, 0.29) is 26.9 Å². The van der Waals surface area contributed by atoms with Crippen LogP contribution in [0.5, 0.6) is 5.75 Å². The second-order valence-corrected chi connectivity index (χ2v) is 6.55. The van der Waals surface area contributed by atoms with E-state index in [1.54, 1.807) is 0 Å². The van der Waals surface area contributed by atoms with Crippen LogP contribution in [0.1, 0.15) is 32.1 Å². The van der Waals surface area contributed by atoms with E-state index in [2.05, 4.69) is 10.4 Å². The molecule has 1 aromatic carbocycles. The number of Topliss-reactive ketones (excluding diaryl/α,β-unsaturated/α-hetero) is 1. The first-order valence-corrected chi connectivity index (χ1v) is 8.45. The number of ketones is 1. The number of carbonyl (C=O) groups excluding carboxylic acids is 1. The fraction of sp³-hybridized carbons (Fsp3) is 0.438. The lowest BCUT2D eigenvalue weighted by atomic mass is 10.1. The molecule has 0 amide bonds. The van der Waals surface area contributed by atoms with E-state index in [0.29, 0.717) is 24.1 Å². The van der Waals surface area contributed by atoms with Crippen molar-refractivity contribution in [1.29, 1.82) is 0 Å². The van der Waals surface area contributed by atoms with Crippen LogP contribution in [0.4, 0.5) is 13.2 Å². The Labute approximate surface area is 156 Å². The molecule has 1 N–H and O–H groups in total. The van der Waals surface area contributed by atoms with Gasteiger partial charge < -0.3 is 4.74 Å². The van der Waals surface area contributed by atoms with Crippen molar-refractivity contribution in [2.45, 2.75) is 39.0 Å². The van der Waals surface area contributed by atoms with Crippen LogP contribution >= 0.6 is 11.6 Å². The molecule has 7 nitrogen and oxygen atoms in total. The van der Waals surface area contributed by atoms with Gasteiger partial charge in [-0.2, -0.15) is 13.5 Å². The number of aromatic nitrogens is 3. The van der Waals surface area contributed by atoms with Crippen LogP contribution in [0, 0.1) is 12.7 Å². The van der Waals surface area contributed by atoms with Crippen LogP contribution in [0.15, 0.2) is 16.9 Å². The van der Waals surface area contributed by atoms with Gasteiger partial charge in [-0.25, -0.2) is 13.8 Å². The molecule has 11 heteroatoms. The Morgan fingerprint density at radius 1 is 1.44 bits per heavy atom. The summed E-state index contributed by atoms with van der Waals surface area (Å²) in [5.41, 5.74) is -2.95. The van der Waals surface area contributed by atoms with Crippen molar-refractivity contribution in [1.82, 2.24) is 19.7 Å². The van der Waals surface area contributed by atoms with Crippen molar-refractivity contribution >= 4 is 17.4 Å². The Bertz CT molecular complexity index is 951. The number of benzene rings is 1. The lowest BCUT2D eigenvalue weighted by Crippen LogP contribution is -2.51. The molecule has 27 heavy (non-hydrogen) atoms. The van der Waals surface area contributed by atoms with Crippen molar-refractivity contribution in [3.05, 3.63) is 39.3 Å². The summed E-state index contributed by atoms with van der Waals surface area (Å²) in [6, 6.07) is 1.93. The highest BCUT2D eigenvalue weighted by atomic mass is 35.5. The minimum atomic E-state index is -3.12. The third kappa shape index (κ3) is 3.34. The first-order chi connectivity index (χ1) is 12.7. The fourth-order valence-corrected chi connectivity index (χ4v) is 3.17. The molecule has 146 valence electrons.